The molecule has 0 spiro atoms. The predicted octanol–water partition coefficient (Wildman–Crippen LogP) is 1.05. The SMILES string of the molecule is N#CC1=CC=CC(=N)C1=N. The lowest BCUT2D eigenvalue weighted by atomic mass is 10.0. The van der Waals surface area contributed by atoms with Gasteiger partial charge in [0.25, 0.3) is 0 Å². The fraction of sp³-hybridized carbons (Fsp3) is 0. The van der Waals surface area contributed by atoms with Crippen molar-refractivity contribution in [1.82, 2.24) is 0 Å². The van der Waals surface area contributed by atoms with Crippen LogP contribution >= 0.6 is 0 Å². The van der Waals surface area contributed by atoms with E-state index in [0.29, 0.717) is 0 Å². The smallest absolute Gasteiger partial charge is 0.101 e. The van der Waals surface area contributed by atoms with Crippen LogP contribution in [0.25, 0.3) is 0 Å². The number of nitrogens with one attached hydrogen (secondary N) is 2. The van der Waals surface area contributed by atoms with E-state index in [9.17, 15) is 0 Å². The Hall–Kier alpha value is -1.69. The zero-order valence-electron chi connectivity index (χ0n) is 5.18. The highest BCUT2D eigenvalue weighted by Crippen LogP contribution is 2.03. The van der Waals surface area contributed by atoms with Crippen molar-refractivity contribution in [2.24, 2.45) is 0 Å². The van der Waals surface area contributed by atoms with Gasteiger partial charge in [0, 0.05) is 0 Å². The second-order valence-corrected chi connectivity index (χ2v) is 1.84. The number of hydrogen-bond donors (Lipinski definition) is 2. The van der Waals surface area contributed by atoms with Gasteiger partial charge in [0.1, 0.15) is 6.07 Å². The van der Waals surface area contributed by atoms with Crippen LogP contribution < -0.4 is 0 Å². The summed E-state index contributed by atoms with van der Waals surface area (Å²) in [4.78, 5) is 0. The maximum atomic E-state index is 8.39. The molecule has 10 heavy (non-hydrogen) atoms. The monoisotopic (exact) mass is 131 g/mol. The molecular weight excluding hydrogens is 126 g/mol. The Labute approximate surface area is 58.3 Å². The molecule has 0 aromatic heterocycles. The van der Waals surface area contributed by atoms with Crippen molar-refractivity contribution >= 4 is 11.4 Å². The van der Waals surface area contributed by atoms with E-state index in [4.69, 9.17) is 16.1 Å². The molecule has 48 valence electrons. The molecule has 0 atom stereocenters. The van der Waals surface area contributed by atoms with E-state index in [0.717, 1.165) is 0 Å². The van der Waals surface area contributed by atoms with E-state index in [-0.39, 0.29) is 17.0 Å². The Morgan fingerprint density at radius 2 is 2.10 bits per heavy atom. The largest absolute Gasteiger partial charge is 0.299 e. The molecule has 2 N–H and O–H groups in total. The van der Waals surface area contributed by atoms with Gasteiger partial charge in [0.2, 0.25) is 0 Å². The third-order valence-corrected chi connectivity index (χ3v) is 1.18. The van der Waals surface area contributed by atoms with Gasteiger partial charge in [-0.25, -0.2) is 0 Å². The van der Waals surface area contributed by atoms with Crippen LogP contribution in [0.2, 0.25) is 0 Å². The van der Waals surface area contributed by atoms with Gasteiger partial charge in [-0.2, -0.15) is 5.26 Å². The van der Waals surface area contributed by atoms with Crippen LogP contribution in [0, 0.1) is 22.1 Å². The molecule has 1 rings (SSSR count). The molecular formula is C7H5N3. The van der Waals surface area contributed by atoms with Crippen molar-refractivity contribution in [3.8, 4) is 6.07 Å². The van der Waals surface area contributed by atoms with Crippen LogP contribution in [0.1, 0.15) is 0 Å². The van der Waals surface area contributed by atoms with Gasteiger partial charge >= 0.3 is 0 Å². The molecule has 0 saturated heterocycles. The lowest BCUT2D eigenvalue weighted by Crippen LogP contribution is -2.13. The molecule has 0 amide bonds. The van der Waals surface area contributed by atoms with Gasteiger partial charge in [-0.05, 0) is 12.2 Å². The van der Waals surface area contributed by atoms with Gasteiger partial charge in [-0.3, -0.25) is 10.8 Å². The van der Waals surface area contributed by atoms with Crippen molar-refractivity contribution < 1.29 is 0 Å². The maximum Gasteiger partial charge on any atom is 0.101 e. The number of nitriles is 1. The van der Waals surface area contributed by atoms with Gasteiger partial charge < -0.3 is 0 Å². The van der Waals surface area contributed by atoms with Crippen LogP contribution in [0.15, 0.2) is 23.8 Å². The third kappa shape index (κ3) is 0.869. The van der Waals surface area contributed by atoms with Crippen molar-refractivity contribution in [1.29, 1.82) is 16.1 Å². The van der Waals surface area contributed by atoms with Crippen LogP contribution in [-0.2, 0) is 0 Å². The van der Waals surface area contributed by atoms with Gasteiger partial charge in [0.05, 0.1) is 17.0 Å². The fourth-order valence-corrected chi connectivity index (χ4v) is 0.645. The van der Waals surface area contributed by atoms with E-state index in [1.807, 2.05) is 6.07 Å². The van der Waals surface area contributed by atoms with Crippen LogP contribution in [0.3, 0.4) is 0 Å². The summed E-state index contributed by atoms with van der Waals surface area (Å²) in [7, 11) is 0. The molecule has 3 nitrogen and oxygen atoms in total. The zero-order chi connectivity index (χ0) is 7.56. The Kier molecular flexibility index (Phi) is 1.46. The minimum Gasteiger partial charge on any atom is -0.299 e. The Balaban J connectivity index is 3.07. The number of nitrogens with zero attached hydrogens (tertiary/aromatic N) is 1. The van der Waals surface area contributed by atoms with Gasteiger partial charge in [0.15, 0.2) is 0 Å². The molecule has 3 heteroatoms. The predicted molar refractivity (Wildman–Crippen MR) is 38.3 cm³/mol. The first-order valence-electron chi connectivity index (χ1n) is 2.72. The molecule has 0 fully saturated rings. The molecule has 1 aliphatic carbocycles. The summed E-state index contributed by atoms with van der Waals surface area (Å²) in [6, 6.07) is 1.83. The molecule has 0 saturated carbocycles. The number of hydrogen-bond acceptors (Lipinski definition) is 3. The lowest BCUT2D eigenvalue weighted by Gasteiger charge is -2.01. The van der Waals surface area contributed by atoms with E-state index < -0.39 is 0 Å². The number of allylic oxidation sites excluding steroid dienone is 4. The second kappa shape index (κ2) is 2.28. The van der Waals surface area contributed by atoms with E-state index in [1.54, 1.807) is 6.08 Å². The normalized spacial score (nSPS) is 16.5. The van der Waals surface area contributed by atoms with E-state index in [2.05, 4.69) is 0 Å². The van der Waals surface area contributed by atoms with Crippen LogP contribution in [0.5, 0.6) is 0 Å². The molecule has 0 bridgehead atoms. The van der Waals surface area contributed by atoms with Crippen molar-refractivity contribution in [3.63, 3.8) is 0 Å². The zero-order valence-corrected chi connectivity index (χ0v) is 5.18. The Morgan fingerprint density at radius 1 is 1.40 bits per heavy atom. The first-order chi connectivity index (χ1) is 4.75. The molecule has 0 aromatic carbocycles. The van der Waals surface area contributed by atoms with Crippen molar-refractivity contribution in [2.75, 3.05) is 0 Å². The Morgan fingerprint density at radius 3 is 2.60 bits per heavy atom. The fourth-order valence-electron chi connectivity index (χ4n) is 0.645. The van der Waals surface area contributed by atoms with Crippen LogP contribution in [-0.4, -0.2) is 11.4 Å². The quantitative estimate of drug-likeness (QED) is 0.474. The summed E-state index contributed by atoms with van der Waals surface area (Å²) >= 11 is 0. The first kappa shape index (κ1) is 6.43. The summed E-state index contributed by atoms with van der Waals surface area (Å²) in [5.41, 5.74) is 0.358. The van der Waals surface area contributed by atoms with Gasteiger partial charge in [-0.15, -0.1) is 0 Å². The molecule has 0 aliphatic heterocycles. The summed E-state index contributed by atoms with van der Waals surface area (Å²) in [5.74, 6) is 0. The highest BCUT2D eigenvalue weighted by molar-refractivity contribution is 6.51. The molecule has 0 heterocycles. The average molecular weight is 131 g/mol. The van der Waals surface area contributed by atoms with Crippen molar-refractivity contribution in [3.05, 3.63) is 23.8 Å². The molecule has 0 radical (unpaired) electrons. The summed E-state index contributed by atoms with van der Waals surface area (Å²) in [6.07, 6.45) is 4.61. The molecule has 0 aromatic rings. The highest BCUT2D eigenvalue weighted by Gasteiger charge is 2.09. The summed E-state index contributed by atoms with van der Waals surface area (Å²) in [5, 5.41) is 22.7. The Bertz CT molecular complexity index is 288. The lowest BCUT2D eigenvalue weighted by molar-refractivity contribution is 1.45. The summed E-state index contributed by atoms with van der Waals surface area (Å²) < 4.78 is 0. The molecule has 0 unspecified atom stereocenters. The number of rotatable bonds is 0. The molecule has 1 aliphatic rings. The standard InChI is InChI=1S/C7H5N3/c8-4-5-2-1-3-6(9)7(5)10/h1-3,9-10H. The van der Waals surface area contributed by atoms with E-state index >= 15 is 0 Å². The van der Waals surface area contributed by atoms with Crippen molar-refractivity contribution in [2.45, 2.75) is 0 Å². The minimum atomic E-state index is 0.00463. The minimum absolute atomic E-state index is 0.00463. The van der Waals surface area contributed by atoms with Crippen LogP contribution in [0.4, 0.5) is 0 Å². The average Bonchev–Trinajstić information content (AvgIpc) is 1.95. The maximum absolute atomic E-state index is 8.39. The van der Waals surface area contributed by atoms with Gasteiger partial charge in [-0.1, -0.05) is 6.08 Å². The van der Waals surface area contributed by atoms with E-state index in [1.165, 1.54) is 12.2 Å². The summed E-state index contributed by atoms with van der Waals surface area (Å²) in [6.45, 7) is 0. The topological polar surface area (TPSA) is 71.5 Å². The first-order valence-corrected chi connectivity index (χ1v) is 2.72. The second-order valence-electron chi connectivity index (χ2n) is 1.84. The highest BCUT2D eigenvalue weighted by atomic mass is 14.5. The third-order valence-electron chi connectivity index (χ3n) is 1.18.